The van der Waals surface area contributed by atoms with Gasteiger partial charge in [-0.2, -0.15) is 0 Å². The molecule has 0 fully saturated rings. The van der Waals surface area contributed by atoms with Crippen molar-refractivity contribution in [2.75, 3.05) is 13.2 Å². The molecule has 0 unspecified atom stereocenters. The van der Waals surface area contributed by atoms with Crippen molar-refractivity contribution in [1.29, 1.82) is 0 Å². The zero-order valence-corrected chi connectivity index (χ0v) is 13.2. The lowest BCUT2D eigenvalue weighted by Crippen LogP contribution is -2.01. The Labute approximate surface area is 123 Å². The van der Waals surface area contributed by atoms with Crippen molar-refractivity contribution in [2.24, 2.45) is 0 Å². The molecular weight excluding hydrogens is 364 g/mol. The van der Waals surface area contributed by atoms with E-state index in [-0.39, 0.29) is 5.97 Å². The van der Waals surface area contributed by atoms with Gasteiger partial charge in [0.1, 0.15) is 12.4 Å². The molecule has 0 bridgehead atoms. The summed E-state index contributed by atoms with van der Waals surface area (Å²) >= 11 is 6.81. The molecule has 3 nitrogen and oxygen atoms in total. The summed E-state index contributed by atoms with van der Waals surface area (Å²) in [5.74, 6) is 0.446. The third kappa shape index (κ3) is 5.23. The standard InChI is InChI=1S/C13H14Br2O3/c1-2-17-13(16)4-3-7-18-12-6-5-11(15)8-10(12)9-14/h3-6,8H,2,7,9H2,1H3/b4-3+. The fourth-order valence-corrected chi connectivity index (χ4v) is 2.11. The summed E-state index contributed by atoms with van der Waals surface area (Å²) in [5, 5.41) is 0.712. The van der Waals surface area contributed by atoms with Crippen LogP contribution in [0.25, 0.3) is 0 Å². The molecule has 1 aromatic carbocycles. The van der Waals surface area contributed by atoms with Crippen LogP contribution >= 0.6 is 31.9 Å². The summed E-state index contributed by atoms with van der Waals surface area (Å²) < 4.78 is 11.3. The van der Waals surface area contributed by atoms with Gasteiger partial charge in [0.15, 0.2) is 0 Å². The SMILES string of the molecule is CCOC(=O)/C=C/COc1ccc(Br)cc1CBr. The summed E-state index contributed by atoms with van der Waals surface area (Å²) in [7, 11) is 0. The van der Waals surface area contributed by atoms with E-state index in [1.165, 1.54) is 6.08 Å². The Hall–Kier alpha value is -0.810. The third-order valence-corrected chi connectivity index (χ3v) is 3.14. The molecule has 0 saturated heterocycles. The third-order valence-electron chi connectivity index (χ3n) is 2.04. The molecule has 98 valence electrons. The predicted octanol–water partition coefficient (Wildman–Crippen LogP) is 3.84. The summed E-state index contributed by atoms with van der Waals surface area (Å²) in [6.45, 7) is 2.48. The number of alkyl halides is 1. The maximum Gasteiger partial charge on any atom is 0.330 e. The van der Waals surface area contributed by atoms with Crippen molar-refractivity contribution in [3.05, 3.63) is 40.4 Å². The van der Waals surface area contributed by atoms with Crippen LogP contribution in [0.5, 0.6) is 5.75 Å². The Morgan fingerprint density at radius 3 is 2.89 bits per heavy atom. The highest BCUT2D eigenvalue weighted by Crippen LogP contribution is 2.25. The van der Waals surface area contributed by atoms with Crippen molar-refractivity contribution in [1.82, 2.24) is 0 Å². The van der Waals surface area contributed by atoms with Gasteiger partial charge in [-0.05, 0) is 31.2 Å². The fraction of sp³-hybridized carbons (Fsp3) is 0.308. The Morgan fingerprint density at radius 1 is 1.44 bits per heavy atom. The number of rotatable bonds is 6. The van der Waals surface area contributed by atoms with Crippen LogP contribution in [-0.4, -0.2) is 19.2 Å². The van der Waals surface area contributed by atoms with Gasteiger partial charge in [-0.3, -0.25) is 0 Å². The quantitative estimate of drug-likeness (QED) is 0.429. The molecule has 0 N–H and O–H groups in total. The van der Waals surface area contributed by atoms with E-state index in [0.717, 1.165) is 15.8 Å². The van der Waals surface area contributed by atoms with Gasteiger partial charge in [0.2, 0.25) is 0 Å². The molecule has 1 rings (SSSR count). The van der Waals surface area contributed by atoms with Crippen LogP contribution in [-0.2, 0) is 14.9 Å². The van der Waals surface area contributed by atoms with Gasteiger partial charge in [-0.1, -0.05) is 31.9 Å². The molecule has 0 amide bonds. The Kier molecular flexibility index (Phi) is 7.05. The first-order chi connectivity index (χ1) is 8.67. The number of esters is 1. The second kappa shape index (κ2) is 8.32. The molecular formula is C13H14Br2O3. The first-order valence-electron chi connectivity index (χ1n) is 5.47. The average molecular weight is 378 g/mol. The van der Waals surface area contributed by atoms with Crippen molar-refractivity contribution < 1.29 is 14.3 Å². The molecule has 18 heavy (non-hydrogen) atoms. The molecule has 0 spiro atoms. The maximum absolute atomic E-state index is 11.0. The van der Waals surface area contributed by atoms with Crippen LogP contribution in [0.2, 0.25) is 0 Å². The number of halogens is 2. The topological polar surface area (TPSA) is 35.5 Å². The van der Waals surface area contributed by atoms with Gasteiger partial charge in [0, 0.05) is 21.4 Å². The zero-order chi connectivity index (χ0) is 13.4. The van der Waals surface area contributed by atoms with E-state index in [2.05, 4.69) is 31.9 Å². The van der Waals surface area contributed by atoms with E-state index in [4.69, 9.17) is 9.47 Å². The highest BCUT2D eigenvalue weighted by Gasteiger charge is 2.02. The van der Waals surface area contributed by atoms with Gasteiger partial charge in [-0.25, -0.2) is 4.79 Å². The Balaban J connectivity index is 2.51. The Morgan fingerprint density at radius 2 is 2.22 bits per heavy atom. The van der Waals surface area contributed by atoms with Crippen molar-refractivity contribution >= 4 is 37.8 Å². The summed E-state index contributed by atoms with van der Waals surface area (Å²) in [6.07, 6.45) is 3.01. The van der Waals surface area contributed by atoms with E-state index >= 15 is 0 Å². The largest absolute Gasteiger partial charge is 0.489 e. The Bertz CT molecular complexity index is 430. The van der Waals surface area contributed by atoms with Crippen molar-refractivity contribution in [3.63, 3.8) is 0 Å². The minimum atomic E-state index is -0.349. The highest BCUT2D eigenvalue weighted by atomic mass is 79.9. The fourth-order valence-electron chi connectivity index (χ4n) is 1.27. The number of ether oxygens (including phenoxy) is 2. The van der Waals surface area contributed by atoms with E-state index in [1.807, 2.05) is 18.2 Å². The van der Waals surface area contributed by atoms with Crippen LogP contribution in [0.3, 0.4) is 0 Å². The number of benzene rings is 1. The normalized spacial score (nSPS) is 10.6. The molecule has 0 aliphatic rings. The highest BCUT2D eigenvalue weighted by molar-refractivity contribution is 9.10. The van der Waals surface area contributed by atoms with Gasteiger partial charge < -0.3 is 9.47 Å². The van der Waals surface area contributed by atoms with Crippen LogP contribution in [0.1, 0.15) is 12.5 Å². The predicted molar refractivity (Wildman–Crippen MR) is 78.0 cm³/mol. The van der Waals surface area contributed by atoms with Gasteiger partial charge in [0.25, 0.3) is 0 Å². The van der Waals surface area contributed by atoms with Crippen LogP contribution in [0.4, 0.5) is 0 Å². The number of carbonyl (C=O) groups excluding carboxylic acids is 1. The van der Waals surface area contributed by atoms with Gasteiger partial charge >= 0.3 is 5.97 Å². The summed E-state index contributed by atoms with van der Waals surface area (Å²) in [6, 6.07) is 5.79. The molecule has 0 heterocycles. The van der Waals surface area contributed by atoms with E-state index in [0.29, 0.717) is 18.5 Å². The lowest BCUT2D eigenvalue weighted by molar-refractivity contribution is -0.137. The molecule has 0 aliphatic carbocycles. The average Bonchev–Trinajstić information content (AvgIpc) is 2.36. The number of hydrogen-bond acceptors (Lipinski definition) is 3. The van der Waals surface area contributed by atoms with E-state index < -0.39 is 0 Å². The zero-order valence-electron chi connectivity index (χ0n) is 9.99. The minimum Gasteiger partial charge on any atom is -0.489 e. The molecule has 0 radical (unpaired) electrons. The van der Waals surface area contributed by atoms with Crippen LogP contribution < -0.4 is 4.74 Å². The van der Waals surface area contributed by atoms with Crippen molar-refractivity contribution in [2.45, 2.75) is 12.3 Å². The minimum absolute atomic E-state index is 0.334. The number of hydrogen-bond donors (Lipinski definition) is 0. The second-order valence-electron chi connectivity index (χ2n) is 3.35. The van der Waals surface area contributed by atoms with Gasteiger partial charge in [-0.15, -0.1) is 0 Å². The monoisotopic (exact) mass is 376 g/mol. The molecule has 5 heteroatoms. The lowest BCUT2D eigenvalue weighted by Gasteiger charge is -2.08. The number of carbonyl (C=O) groups is 1. The van der Waals surface area contributed by atoms with Crippen LogP contribution in [0, 0.1) is 0 Å². The molecule has 0 saturated carbocycles. The maximum atomic E-state index is 11.0. The molecule has 0 atom stereocenters. The van der Waals surface area contributed by atoms with Gasteiger partial charge in [0.05, 0.1) is 6.61 Å². The summed E-state index contributed by atoms with van der Waals surface area (Å²) in [5.41, 5.74) is 1.05. The smallest absolute Gasteiger partial charge is 0.330 e. The molecule has 1 aromatic rings. The first-order valence-corrected chi connectivity index (χ1v) is 7.39. The first kappa shape index (κ1) is 15.2. The molecule has 0 aromatic heterocycles. The lowest BCUT2D eigenvalue weighted by atomic mass is 10.2. The van der Waals surface area contributed by atoms with Crippen LogP contribution in [0.15, 0.2) is 34.8 Å². The summed E-state index contributed by atoms with van der Waals surface area (Å²) in [4.78, 5) is 11.0. The molecule has 0 aliphatic heterocycles. The second-order valence-corrected chi connectivity index (χ2v) is 4.83. The van der Waals surface area contributed by atoms with E-state index in [1.54, 1.807) is 13.0 Å². The van der Waals surface area contributed by atoms with E-state index in [9.17, 15) is 4.79 Å². The van der Waals surface area contributed by atoms with Crippen molar-refractivity contribution in [3.8, 4) is 5.75 Å².